The first kappa shape index (κ1) is 13.7. The van der Waals surface area contributed by atoms with E-state index in [1.54, 1.807) is 13.2 Å². The van der Waals surface area contributed by atoms with Gasteiger partial charge in [-0.1, -0.05) is 0 Å². The molecule has 0 spiro atoms. The van der Waals surface area contributed by atoms with E-state index in [-0.39, 0.29) is 0 Å². The van der Waals surface area contributed by atoms with Crippen LogP contribution in [0.5, 0.6) is 0 Å². The highest BCUT2D eigenvalue weighted by Crippen LogP contribution is 2.28. The second-order valence-corrected chi connectivity index (χ2v) is 4.86. The molecule has 2 heterocycles. The molecule has 0 aromatic carbocycles. The summed E-state index contributed by atoms with van der Waals surface area (Å²) >= 11 is 0. The summed E-state index contributed by atoms with van der Waals surface area (Å²) in [5.41, 5.74) is 7.37. The van der Waals surface area contributed by atoms with Gasteiger partial charge in [0, 0.05) is 39.8 Å². The number of nitrogens with two attached hydrogens (primary N) is 1. The number of ether oxygens (including phenoxy) is 1. The van der Waals surface area contributed by atoms with Crippen molar-refractivity contribution in [2.24, 2.45) is 0 Å². The van der Waals surface area contributed by atoms with Gasteiger partial charge in [-0.15, -0.1) is 0 Å². The highest BCUT2D eigenvalue weighted by molar-refractivity contribution is 5.68. The molecule has 1 fully saturated rings. The summed E-state index contributed by atoms with van der Waals surface area (Å²) in [6.07, 6.45) is 0. The van der Waals surface area contributed by atoms with Crippen molar-refractivity contribution in [3.05, 3.63) is 11.8 Å². The first-order chi connectivity index (χ1) is 9.17. The lowest BCUT2D eigenvalue weighted by molar-refractivity contribution is 0.187. The maximum atomic E-state index is 9.20. The van der Waals surface area contributed by atoms with Crippen LogP contribution in [0.2, 0.25) is 0 Å². The second kappa shape index (κ2) is 5.95. The first-order valence-corrected chi connectivity index (χ1v) is 6.49. The van der Waals surface area contributed by atoms with Crippen molar-refractivity contribution >= 4 is 11.5 Å². The molecule has 2 N–H and O–H groups in total. The van der Waals surface area contributed by atoms with Crippen LogP contribution in [0, 0.1) is 11.3 Å². The molecule has 1 aliphatic rings. The van der Waals surface area contributed by atoms with Crippen molar-refractivity contribution in [2.45, 2.75) is 6.54 Å². The molecule has 2 rings (SSSR count). The van der Waals surface area contributed by atoms with Gasteiger partial charge in [-0.2, -0.15) is 5.26 Å². The van der Waals surface area contributed by atoms with Crippen LogP contribution >= 0.6 is 0 Å². The number of nitrogens with zero attached hydrogens (tertiary/aromatic N) is 4. The van der Waals surface area contributed by atoms with Crippen LogP contribution in [-0.2, 0) is 11.3 Å². The number of hydrogen-bond acceptors (Lipinski definition) is 5. The molecule has 1 aliphatic heterocycles. The molecular formula is C13H21N5O. The number of rotatable bonds is 4. The van der Waals surface area contributed by atoms with Gasteiger partial charge >= 0.3 is 0 Å². The van der Waals surface area contributed by atoms with Gasteiger partial charge in [0.2, 0.25) is 0 Å². The number of aromatic nitrogens is 1. The van der Waals surface area contributed by atoms with E-state index in [0.29, 0.717) is 24.5 Å². The van der Waals surface area contributed by atoms with Crippen molar-refractivity contribution in [1.29, 1.82) is 5.26 Å². The zero-order valence-corrected chi connectivity index (χ0v) is 11.6. The lowest BCUT2D eigenvalue weighted by Gasteiger charge is -2.34. The number of anilines is 2. The van der Waals surface area contributed by atoms with Crippen LogP contribution in [0.4, 0.5) is 11.5 Å². The predicted octanol–water partition coefficient (Wildman–Crippen LogP) is 0.340. The molecule has 0 saturated carbocycles. The number of piperazine rings is 1. The average Bonchev–Trinajstić information content (AvgIpc) is 2.73. The van der Waals surface area contributed by atoms with Crippen molar-refractivity contribution < 1.29 is 4.74 Å². The molecule has 1 saturated heterocycles. The highest BCUT2D eigenvalue weighted by atomic mass is 16.5. The van der Waals surface area contributed by atoms with Gasteiger partial charge in [-0.25, -0.2) is 0 Å². The third-order valence-corrected chi connectivity index (χ3v) is 3.53. The number of methoxy groups -OCH3 is 1. The summed E-state index contributed by atoms with van der Waals surface area (Å²) in [4.78, 5) is 4.55. The van der Waals surface area contributed by atoms with Crippen LogP contribution in [0.15, 0.2) is 6.07 Å². The van der Waals surface area contributed by atoms with Crippen molar-refractivity contribution in [2.75, 3.05) is 57.6 Å². The summed E-state index contributed by atoms with van der Waals surface area (Å²) < 4.78 is 7.08. The number of nitrogen functional groups attached to an aromatic ring is 1. The SMILES string of the molecule is COCCn1c(C#N)cc(N)c1N1CCN(C)CC1. The third kappa shape index (κ3) is 2.83. The molecule has 1 aromatic rings. The van der Waals surface area contributed by atoms with Crippen molar-refractivity contribution in [1.82, 2.24) is 9.47 Å². The molecule has 0 atom stereocenters. The lowest BCUT2D eigenvalue weighted by atomic mass is 10.3. The monoisotopic (exact) mass is 263 g/mol. The Morgan fingerprint density at radius 2 is 2.05 bits per heavy atom. The van der Waals surface area contributed by atoms with Crippen LogP contribution in [-0.4, -0.2) is 56.4 Å². The van der Waals surface area contributed by atoms with E-state index in [2.05, 4.69) is 22.9 Å². The Kier molecular flexibility index (Phi) is 4.30. The quantitative estimate of drug-likeness (QED) is 0.848. The fraction of sp³-hybridized carbons (Fsp3) is 0.615. The molecule has 0 bridgehead atoms. The Morgan fingerprint density at radius 3 is 2.63 bits per heavy atom. The molecular weight excluding hydrogens is 242 g/mol. The Morgan fingerprint density at radius 1 is 1.37 bits per heavy atom. The Hall–Kier alpha value is -1.71. The normalized spacial score (nSPS) is 16.6. The molecule has 0 radical (unpaired) electrons. The molecule has 1 aromatic heterocycles. The number of nitriles is 1. The molecule has 0 amide bonds. The van der Waals surface area contributed by atoms with E-state index < -0.39 is 0 Å². The van der Waals surface area contributed by atoms with Gasteiger partial charge < -0.3 is 24.8 Å². The van der Waals surface area contributed by atoms with Gasteiger partial charge in [-0.05, 0) is 13.1 Å². The zero-order valence-electron chi connectivity index (χ0n) is 11.6. The first-order valence-electron chi connectivity index (χ1n) is 6.49. The predicted molar refractivity (Wildman–Crippen MR) is 75.1 cm³/mol. The summed E-state index contributed by atoms with van der Waals surface area (Å²) in [6, 6.07) is 3.96. The molecule has 0 unspecified atom stereocenters. The van der Waals surface area contributed by atoms with Crippen LogP contribution in [0.3, 0.4) is 0 Å². The summed E-state index contributed by atoms with van der Waals surface area (Å²) in [7, 11) is 3.78. The standard InChI is InChI=1S/C13H21N5O/c1-16-3-5-17(6-4-16)13-12(15)9-11(10-14)18(13)7-8-19-2/h9H,3-8,15H2,1-2H3. The Balaban J connectivity index is 2.27. The van der Waals surface area contributed by atoms with Crippen LogP contribution in [0.25, 0.3) is 0 Å². The lowest BCUT2D eigenvalue weighted by Crippen LogP contribution is -2.45. The fourth-order valence-electron chi connectivity index (χ4n) is 2.43. The van der Waals surface area contributed by atoms with E-state index in [1.807, 2.05) is 4.57 Å². The van der Waals surface area contributed by atoms with Gasteiger partial charge in [0.25, 0.3) is 0 Å². The zero-order chi connectivity index (χ0) is 13.8. The summed E-state index contributed by atoms with van der Waals surface area (Å²) in [5.74, 6) is 0.960. The molecule has 6 nitrogen and oxygen atoms in total. The van der Waals surface area contributed by atoms with Gasteiger partial charge in [0.15, 0.2) is 0 Å². The molecule has 19 heavy (non-hydrogen) atoms. The second-order valence-electron chi connectivity index (χ2n) is 4.86. The van der Waals surface area contributed by atoms with E-state index in [4.69, 9.17) is 10.5 Å². The topological polar surface area (TPSA) is 70.4 Å². The molecule has 0 aliphatic carbocycles. The van der Waals surface area contributed by atoms with Crippen molar-refractivity contribution in [3.63, 3.8) is 0 Å². The van der Waals surface area contributed by atoms with E-state index in [9.17, 15) is 5.26 Å². The third-order valence-electron chi connectivity index (χ3n) is 3.53. The van der Waals surface area contributed by atoms with Gasteiger partial charge in [0.05, 0.1) is 12.3 Å². The van der Waals surface area contributed by atoms with Crippen LogP contribution in [0.1, 0.15) is 5.69 Å². The van der Waals surface area contributed by atoms with Crippen LogP contribution < -0.4 is 10.6 Å². The summed E-state index contributed by atoms with van der Waals surface area (Å²) in [5, 5.41) is 9.20. The maximum absolute atomic E-state index is 9.20. The molecule has 104 valence electrons. The van der Waals surface area contributed by atoms with E-state index in [0.717, 1.165) is 32.0 Å². The Bertz CT molecular complexity index is 468. The minimum Gasteiger partial charge on any atom is -0.396 e. The molecule has 6 heteroatoms. The number of hydrogen-bond donors (Lipinski definition) is 1. The smallest absolute Gasteiger partial charge is 0.133 e. The largest absolute Gasteiger partial charge is 0.396 e. The highest BCUT2D eigenvalue weighted by Gasteiger charge is 2.22. The fourth-order valence-corrected chi connectivity index (χ4v) is 2.43. The van der Waals surface area contributed by atoms with E-state index >= 15 is 0 Å². The summed E-state index contributed by atoms with van der Waals surface area (Å²) in [6.45, 7) is 5.11. The van der Waals surface area contributed by atoms with Crippen molar-refractivity contribution in [3.8, 4) is 6.07 Å². The maximum Gasteiger partial charge on any atom is 0.133 e. The number of likely N-dealkylation sites (N-methyl/N-ethyl adjacent to an activating group) is 1. The minimum atomic E-state index is 0.573. The minimum absolute atomic E-state index is 0.573. The average molecular weight is 263 g/mol. The van der Waals surface area contributed by atoms with Gasteiger partial charge in [-0.3, -0.25) is 0 Å². The van der Waals surface area contributed by atoms with Gasteiger partial charge in [0.1, 0.15) is 17.6 Å². The van der Waals surface area contributed by atoms with E-state index in [1.165, 1.54) is 0 Å². The Labute approximate surface area is 113 Å².